The summed E-state index contributed by atoms with van der Waals surface area (Å²) in [5.41, 5.74) is -0.368. The second-order valence-corrected chi connectivity index (χ2v) is 7.24. The topological polar surface area (TPSA) is 67.4 Å². The Labute approximate surface area is 160 Å². The van der Waals surface area contributed by atoms with Crippen LogP contribution in [0.1, 0.15) is 31.1 Å². The lowest BCUT2D eigenvalue weighted by molar-refractivity contribution is 0.0635. The molecule has 5 nitrogen and oxygen atoms in total. The molecular formula is C18H17Cl2FN2O3. The van der Waals surface area contributed by atoms with E-state index in [2.05, 4.69) is 10.6 Å². The van der Waals surface area contributed by atoms with E-state index in [1.807, 2.05) is 0 Å². The molecule has 0 unspecified atom stereocenters. The maximum atomic E-state index is 13.9. The number of carbonyl (C=O) groups is 2. The van der Waals surface area contributed by atoms with E-state index in [0.29, 0.717) is 5.02 Å². The molecule has 2 aromatic rings. The van der Waals surface area contributed by atoms with Gasteiger partial charge in [0.05, 0.1) is 16.3 Å². The maximum Gasteiger partial charge on any atom is 0.412 e. The van der Waals surface area contributed by atoms with Crippen molar-refractivity contribution in [3.8, 4) is 0 Å². The molecule has 2 amide bonds. The van der Waals surface area contributed by atoms with Gasteiger partial charge in [-0.05, 0) is 57.2 Å². The summed E-state index contributed by atoms with van der Waals surface area (Å²) in [5, 5.41) is 5.48. The molecule has 0 aliphatic carbocycles. The molecule has 2 aromatic carbocycles. The Kier molecular flexibility index (Phi) is 6.10. The maximum absolute atomic E-state index is 13.9. The van der Waals surface area contributed by atoms with Crippen LogP contribution < -0.4 is 10.6 Å². The zero-order valence-corrected chi connectivity index (χ0v) is 15.8. The molecule has 0 aliphatic rings. The van der Waals surface area contributed by atoms with Crippen molar-refractivity contribution in [3.05, 3.63) is 57.8 Å². The summed E-state index contributed by atoms with van der Waals surface area (Å²) < 4.78 is 19.0. The largest absolute Gasteiger partial charge is 0.444 e. The highest BCUT2D eigenvalue weighted by Crippen LogP contribution is 2.24. The number of anilines is 2. The van der Waals surface area contributed by atoms with Crippen LogP contribution in [0.2, 0.25) is 10.0 Å². The molecule has 0 aliphatic heterocycles. The van der Waals surface area contributed by atoms with Gasteiger partial charge in [-0.2, -0.15) is 0 Å². The lowest BCUT2D eigenvalue weighted by atomic mass is 10.2. The molecule has 138 valence electrons. The summed E-state index contributed by atoms with van der Waals surface area (Å²) in [6, 6.07) is 8.20. The molecule has 0 radical (unpaired) electrons. The van der Waals surface area contributed by atoms with E-state index in [1.165, 1.54) is 30.3 Å². The normalized spacial score (nSPS) is 11.0. The fourth-order valence-electron chi connectivity index (χ4n) is 1.98. The third-order valence-corrected chi connectivity index (χ3v) is 3.58. The Morgan fingerprint density at radius 1 is 1.04 bits per heavy atom. The Balaban J connectivity index is 2.16. The van der Waals surface area contributed by atoms with Gasteiger partial charge in [0.15, 0.2) is 0 Å². The van der Waals surface area contributed by atoms with E-state index in [1.54, 1.807) is 20.8 Å². The number of nitrogens with one attached hydrogen (secondary N) is 2. The van der Waals surface area contributed by atoms with Crippen molar-refractivity contribution in [2.75, 3.05) is 10.6 Å². The summed E-state index contributed by atoms with van der Waals surface area (Å²) in [5.74, 6) is -1.17. The number of carbonyl (C=O) groups excluding carboxylic acids is 2. The molecule has 0 atom stereocenters. The van der Waals surface area contributed by atoms with Crippen molar-refractivity contribution in [1.29, 1.82) is 0 Å². The minimum absolute atomic E-state index is 0.126. The van der Waals surface area contributed by atoms with E-state index in [4.69, 9.17) is 27.9 Å². The smallest absolute Gasteiger partial charge is 0.412 e. The molecule has 0 aromatic heterocycles. The van der Waals surface area contributed by atoms with Gasteiger partial charge in [0.25, 0.3) is 5.91 Å². The molecular weight excluding hydrogens is 382 g/mol. The van der Waals surface area contributed by atoms with E-state index in [0.717, 1.165) is 6.07 Å². The second kappa shape index (κ2) is 7.93. The van der Waals surface area contributed by atoms with Crippen molar-refractivity contribution >= 4 is 46.6 Å². The molecule has 2 N–H and O–H groups in total. The first kappa shape index (κ1) is 20.0. The lowest BCUT2D eigenvalue weighted by Crippen LogP contribution is -2.27. The number of rotatable bonds is 3. The first-order valence-electron chi connectivity index (χ1n) is 7.61. The van der Waals surface area contributed by atoms with Crippen LogP contribution in [0.5, 0.6) is 0 Å². The third kappa shape index (κ3) is 5.61. The molecule has 0 saturated heterocycles. The predicted octanol–water partition coefficient (Wildman–Crippen LogP) is 5.73. The van der Waals surface area contributed by atoms with Gasteiger partial charge in [-0.1, -0.05) is 23.2 Å². The zero-order valence-electron chi connectivity index (χ0n) is 14.3. The lowest BCUT2D eigenvalue weighted by Gasteiger charge is -2.20. The van der Waals surface area contributed by atoms with Crippen LogP contribution >= 0.6 is 23.2 Å². The zero-order chi connectivity index (χ0) is 19.5. The van der Waals surface area contributed by atoms with Crippen LogP contribution in [-0.2, 0) is 4.74 Å². The summed E-state index contributed by atoms with van der Waals surface area (Å²) in [6.45, 7) is 5.07. The summed E-state index contributed by atoms with van der Waals surface area (Å²) in [7, 11) is 0. The highest BCUT2D eigenvalue weighted by atomic mass is 35.5. The van der Waals surface area contributed by atoms with Crippen LogP contribution in [0.3, 0.4) is 0 Å². The predicted molar refractivity (Wildman–Crippen MR) is 101 cm³/mol. The van der Waals surface area contributed by atoms with Gasteiger partial charge in [0.2, 0.25) is 0 Å². The van der Waals surface area contributed by atoms with Gasteiger partial charge in [-0.25, -0.2) is 9.18 Å². The molecule has 0 fully saturated rings. The van der Waals surface area contributed by atoms with Gasteiger partial charge in [-0.3, -0.25) is 10.1 Å². The summed E-state index contributed by atoms with van der Waals surface area (Å²) >= 11 is 11.8. The summed E-state index contributed by atoms with van der Waals surface area (Å²) in [4.78, 5) is 24.1. The average molecular weight is 399 g/mol. The molecule has 0 heterocycles. The Hall–Kier alpha value is -2.31. The second-order valence-electron chi connectivity index (χ2n) is 6.40. The van der Waals surface area contributed by atoms with Crippen LogP contribution in [-0.4, -0.2) is 17.6 Å². The number of ether oxygens (including phenoxy) is 1. The average Bonchev–Trinajstić information content (AvgIpc) is 2.48. The van der Waals surface area contributed by atoms with Crippen molar-refractivity contribution in [3.63, 3.8) is 0 Å². The van der Waals surface area contributed by atoms with E-state index in [9.17, 15) is 14.0 Å². The van der Waals surface area contributed by atoms with Crippen LogP contribution in [0, 0.1) is 5.82 Å². The van der Waals surface area contributed by atoms with Crippen molar-refractivity contribution in [2.45, 2.75) is 26.4 Å². The number of halogens is 3. The highest BCUT2D eigenvalue weighted by Gasteiger charge is 2.18. The molecule has 0 saturated carbocycles. The molecule has 2 rings (SSSR count). The third-order valence-electron chi connectivity index (χ3n) is 3.04. The number of benzene rings is 2. The first-order chi connectivity index (χ1) is 12.0. The van der Waals surface area contributed by atoms with Gasteiger partial charge in [0, 0.05) is 10.7 Å². The molecule has 0 bridgehead atoms. The Bertz CT molecular complexity index is 851. The number of amides is 2. The molecule has 26 heavy (non-hydrogen) atoms. The fourth-order valence-corrected chi connectivity index (χ4v) is 2.48. The van der Waals surface area contributed by atoms with Crippen molar-refractivity contribution in [2.24, 2.45) is 0 Å². The minimum atomic E-state index is -0.805. The van der Waals surface area contributed by atoms with Gasteiger partial charge in [-0.15, -0.1) is 0 Å². The van der Waals surface area contributed by atoms with Gasteiger partial charge < -0.3 is 10.1 Å². The fraction of sp³-hybridized carbons (Fsp3) is 0.222. The van der Waals surface area contributed by atoms with Crippen molar-refractivity contribution < 1.29 is 18.7 Å². The van der Waals surface area contributed by atoms with Gasteiger partial charge in [0.1, 0.15) is 11.4 Å². The van der Waals surface area contributed by atoms with E-state index in [-0.39, 0.29) is 22.0 Å². The van der Waals surface area contributed by atoms with Crippen LogP contribution in [0.15, 0.2) is 36.4 Å². The Morgan fingerprint density at radius 2 is 1.73 bits per heavy atom. The van der Waals surface area contributed by atoms with E-state index < -0.39 is 23.4 Å². The summed E-state index contributed by atoms with van der Waals surface area (Å²) in [6.07, 6.45) is -0.805. The number of hydrogen-bond donors (Lipinski definition) is 2. The standard InChI is InChI=1S/C18H17Cl2FN2O3/c1-18(2,3)26-17(25)23-15-9-11(5-7-14(15)21)22-16(24)12-6-4-10(19)8-13(12)20/h4-9H,1-3H3,(H,22,24)(H,23,25). The van der Waals surface area contributed by atoms with Gasteiger partial charge >= 0.3 is 6.09 Å². The Morgan fingerprint density at radius 3 is 2.35 bits per heavy atom. The molecule has 8 heteroatoms. The monoisotopic (exact) mass is 398 g/mol. The minimum Gasteiger partial charge on any atom is -0.444 e. The molecule has 0 spiro atoms. The van der Waals surface area contributed by atoms with Crippen LogP contribution in [0.25, 0.3) is 0 Å². The quantitative estimate of drug-likeness (QED) is 0.693. The van der Waals surface area contributed by atoms with Crippen molar-refractivity contribution in [1.82, 2.24) is 0 Å². The SMILES string of the molecule is CC(C)(C)OC(=O)Nc1cc(NC(=O)c2ccc(Cl)cc2Cl)ccc1F. The first-order valence-corrected chi connectivity index (χ1v) is 8.37. The number of hydrogen-bond acceptors (Lipinski definition) is 3. The van der Waals surface area contributed by atoms with E-state index >= 15 is 0 Å². The highest BCUT2D eigenvalue weighted by molar-refractivity contribution is 6.37. The van der Waals surface area contributed by atoms with Crippen LogP contribution in [0.4, 0.5) is 20.6 Å².